The van der Waals surface area contributed by atoms with Crippen LogP contribution in [0.5, 0.6) is 0 Å². The van der Waals surface area contributed by atoms with Crippen molar-refractivity contribution in [1.82, 2.24) is 4.31 Å². The van der Waals surface area contributed by atoms with Crippen LogP contribution < -0.4 is 0 Å². The highest BCUT2D eigenvalue weighted by molar-refractivity contribution is 7.84. The summed E-state index contributed by atoms with van der Waals surface area (Å²) in [6, 6.07) is -0.584. The molecule has 0 aliphatic carbocycles. The molecule has 0 aromatic carbocycles. The molecule has 2 fully saturated rings. The molecule has 0 radical (unpaired) electrons. The fraction of sp³-hybridized carbons (Fsp3) is 1.00. The predicted octanol–water partition coefficient (Wildman–Crippen LogP) is -0.915. The third kappa shape index (κ3) is 0.922. The monoisotopic (exact) mass is 193 g/mol. The molecule has 0 amide bonds. The maximum absolute atomic E-state index is 11.2. The fourth-order valence-electron chi connectivity index (χ4n) is 1.83. The SMILES string of the molecule is C[C@@H]1[C@H](O)[C@@H]2CCOS(=O)(=O)N12. The maximum atomic E-state index is 11.2. The summed E-state index contributed by atoms with van der Waals surface area (Å²) in [4.78, 5) is 0. The zero-order valence-electron chi connectivity index (χ0n) is 6.67. The van der Waals surface area contributed by atoms with Gasteiger partial charge in [-0.1, -0.05) is 0 Å². The van der Waals surface area contributed by atoms with Crippen LogP contribution in [0.25, 0.3) is 0 Å². The second-order valence-corrected chi connectivity index (χ2v) is 4.71. The first-order valence-electron chi connectivity index (χ1n) is 3.90. The fourth-order valence-corrected chi connectivity index (χ4v) is 3.35. The maximum Gasteiger partial charge on any atom is 0.339 e. The van der Waals surface area contributed by atoms with Crippen LogP contribution in [-0.4, -0.2) is 42.6 Å². The summed E-state index contributed by atoms with van der Waals surface area (Å²) in [7, 11) is -3.53. The topological polar surface area (TPSA) is 66.8 Å². The van der Waals surface area contributed by atoms with Gasteiger partial charge in [0.2, 0.25) is 0 Å². The van der Waals surface area contributed by atoms with Crippen molar-refractivity contribution >= 4 is 10.3 Å². The lowest BCUT2D eigenvalue weighted by molar-refractivity contribution is -0.0835. The average Bonchev–Trinajstić information content (AvgIpc) is 2.01. The van der Waals surface area contributed by atoms with Crippen molar-refractivity contribution in [3.8, 4) is 0 Å². The normalized spacial score (nSPS) is 46.3. The van der Waals surface area contributed by atoms with Gasteiger partial charge in [-0.25, -0.2) is 0 Å². The molecule has 0 spiro atoms. The molecule has 12 heavy (non-hydrogen) atoms. The number of nitrogens with zero attached hydrogens (tertiary/aromatic N) is 1. The summed E-state index contributed by atoms with van der Waals surface area (Å²) in [6.07, 6.45) is 0.0637. The van der Waals surface area contributed by atoms with Gasteiger partial charge in [-0.05, 0) is 13.3 Å². The van der Waals surface area contributed by atoms with Crippen LogP contribution in [0.15, 0.2) is 0 Å². The Bertz CT molecular complexity index is 288. The summed E-state index contributed by atoms with van der Waals surface area (Å²) in [5.74, 6) is 0. The van der Waals surface area contributed by atoms with Gasteiger partial charge in [0.25, 0.3) is 0 Å². The molecule has 0 unspecified atom stereocenters. The minimum absolute atomic E-state index is 0.188. The van der Waals surface area contributed by atoms with Gasteiger partial charge in [0.1, 0.15) is 0 Å². The molecular weight excluding hydrogens is 182 g/mol. The Hall–Kier alpha value is -0.170. The third-order valence-electron chi connectivity index (χ3n) is 2.52. The lowest BCUT2D eigenvalue weighted by Gasteiger charge is -2.51. The first kappa shape index (κ1) is 8.43. The molecule has 5 nitrogen and oxygen atoms in total. The number of aliphatic hydroxyl groups is 1. The quantitative estimate of drug-likeness (QED) is 0.540. The summed E-state index contributed by atoms with van der Waals surface area (Å²) in [6.45, 7) is 1.86. The van der Waals surface area contributed by atoms with Crippen molar-refractivity contribution < 1.29 is 17.7 Å². The van der Waals surface area contributed by atoms with Crippen molar-refractivity contribution in [2.75, 3.05) is 6.61 Å². The second kappa shape index (κ2) is 2.41. The van der Waals surface area contributed by atoms with Gasteiger partial charge in [0.05, 0.1) is 24.8 Å². The minimum Gasteiger partial charge on any atom is -0.390 e. The molecule has 2 heterocycles. The zero-order chi connectivity index (χ0) is 8.93. The predicted molar refractivity (Wildman–Crippen MR) is 40.6 cm³/mol. The highest BCUT2D eigenvalue weighted by atomic mass is 32.2. The Labute approximate surface area is 71.2 Å². The molecule has 2 aliphatic heterocycles. The molecule has 0 saturated carbocycles. The number of hydrogen-bond donors (Lipinski definition) is 1. The molecule has 0 aromatic rings. The first-order chi connectivity index (χ1) is 5.54. The minimum atomic E-state index is -3.53. The van der Waals surface area contributed by atoms with E-state index in [1.807, 2.05) is 0 Å². The van der Waals surface area contributed by atoms with Gasteiger partial charge >= 0.3 is 10.3 Å². The van der Waals surface area contributed by atoms with Gasteiger partial charge in [-0.3, -0.25) is 4.18 Å². The van der Waals surface area contributed by atoms with Gasteiger partial charge < -0.3 is 5.11 Å². The van der Waals surface area contributed by atoms with Crippen LogP contribution in [0.2, 0.25) is 0 Å². The number of fused-ring (bicyclic) bond motifs is 1. The average molecular weight is 193 g/mol. The highest BCUT2D eigenvalue weighted by Gasteiger charge is 2.53. The van der Waals surface area contributed by atoms with Crippen LogP contribution in [0.3, 0.4) is 0 Å². The molecule has 2 aliphatic rings. The molecule has 70 valence electrons. The lowest BCUT2D eigenvalue weighted by atomic mass is 9.92. The molecule has 2 rings (SSSR count). The number of rotatable bonds is 0. The summed E-state index contributed by atoms with van der Waals surface area (Å²) in [5.41, 5.74) is 0. The zero-order valence-corrected chi connectivity index (χ0v) is 7.49. The van der Waals surface area contributed by atoms with Crippen LogP contribution in [0, 0.1) is 0 Å². The van der Waals surface area contributed by atoms with E-state index in [0.29, 0.717) is 6.42 Å². The molecular formula is C6H11NO4S. The highest BCUT2D eigenvalue weighted by Crippen LogP contribution is 2.35. The van der Waals surface area contributed by atoms with Gasteiger partial charge in [-0.2, -0.15) is 12.7 Å². The molecule has 1 N–H and O–H groups in total. The van der Waals surface area contributed by atoms with E-state index in [4.69, 9.17) is 0 Å². The van der Waals surface area contributed by atoms with Gasteiger partial charge in [0, 0.05) is 0 Å². The van der Waals surface area contributed by atoms with Crippen molar-refractivity contribution in [3.63, 3.8) is 0 Å². The number of hydrogen-bond acceptors (Lipinski definition) is 4. The smallest absolute Gasteiger partial charge is 0.339 e. The standard InChI is InChI=1S/C6H11NO4S/c1-4-6(8)5-2-3-11-12(9,10)7(4)5/h4-6,8H,2-3H2,1H3/t4-,5+,6+/m1/s1. The van der Waals surface area contributed by atoms with Crippen LogP contribution in [0.1, 0.15) is 13.3 Å². The molecule has 6 heteroatoms. The second-order valence-electron chi connectivity index (χ2n) is 3.20. The Morgan fingerprint density at radius 1 is 1.58 bits per heavy atom. The Balaban J connectivity index is 2.26. The van der Waals surface area contributed by atoms with Crippen molar-refractivity contribution in [2.24, 2.45) is 0 Å². The van der Waals surface area contributed by atoms with E-state index in [9.17, 15) is 13.5 Å². The molecule has 2 saturated heterocycles. The third-order valence-corrected chi connectivity index (χ3v) is 4.11. The van der Waals surface area contributed by atoms with Crippen LogP contribution >= 0.6 is 0 Å². The number of aliphatic hydroxyl groups excluding tert-OH is 1. The van der Waals surface area contributed by atoms with Crippen LogP contribution in [-0.2, 0) is 14.5 Å². The molecule has 0 bridgehead atoms. The van der Waals surface area contributed by atoms with E-state index < -0.39 is 16.4 Å². The van der Waals surface area contributed by atoms with Crippen LogP contribution in [0.4, 0.5) is 0 Å². The van der Waals surface area contributed by atoms with E-state index in [1.165, 1.54) is 4.31 Å². The first-order valence-corrected chi connectivity index (χ1v) is 5.26. The Morgan fingerprint density at radius 3 is 2.83 bits per heavy atom. The van der Waals surface area contributed by atoms with E-state index >= 15 is 0 Å². The van der Waals surface area contributed by atoms with Gasteiger partial charge in [0.15, 0.2) is 0 Å². The largest absolute Gasteiger partial charge is 0.390 e. The van der Waals surface area contributed by atoms with E-state index in [2.05, 4.69) is 4.18 Å². The van der Waals surface area contributed by atoms with Crippen molar-refractivity contribution in [3.05, 3.63) is 0 Å². The van der Waals surface area contributed by atoms with E-state index in [1.54, 1.807) is 6.92 Å². The summed E-state index contributed by atoms with van der Waals surface area (Å²) in [5, 5.41) is 9.38. The summed E-state index contributed by atoms with van der Waals surface area (Å²) >= 11 is 0. The molecule has 3 atom stereocenters. The van der Waals surface area contributed by atoms with Crippen molar-refractivity contribution in [1.29, 1.82) is 0 Å². The van der Waals surface area contributed by atoms with Crippen molar-refractivity contribution in [2.45, 2.75) is 31.5 Å². The van der Waals surface area contributed by atoms with E-state index in [0.717, 1.165) is 0 Å². The summed E-state index contributed by atoms with van der Waals surface area (Å²) < 4.78 is 28.2. The Kier molecular flexibility index (Phi) is 1.69. The Morgan fingerprint density at radius 2 is 2.25 bits per heavy atom. The lowest BCUT2D eigenvalue weighted by Crippen LogP contribution is -2.70. The van der Waals surface area contributed by atoms with Gasteiger partial charge in [-0.15, -0.1) is 0 Å². The van der Waals surface area contributed by atoms with E-state index in [-0.39, 0.29) is 18.7 Å². The molecule has 0 aromatic heterocycles.